The van der Waals surface area contributed by atoms with Gasteiger partial charge in [-0.1, -0.05) is 12.1 Å². The fourth-order valence-electron chi connectivity index (χ4n) is 3.65. The maximum atomic E-state index is 12.0. The van der Waals surface area contributed by atoms with Crippen molar-refractivity contribution >= 4 is 11.8 Å². The summed E-state index contributed by atoms with van der Waals surface area (Å²) in [5, 5.41) is 8.59. The maximum Gasteiger partial charge on any atom is 0.414 e. The molecule has 6 heteroatoms. The molecule has 0 bridgehead atoms. The van der Waals surface area contributed by atoms with Crippen LogP contribution in [-0.4, -0.2) is 45.2 Å². The zero-order chi connectivity index (χ0) is 17.6. The number of methoxy groups -OCH3 is 1. The summed E-state index contributed by atoms with van der Waals surface area (Å²) in [5.41, 5.74) is 2.15. The lowest BCUT2D eigenvalue weighted by Crippen LogP contribution is -2.25. The molecule has 1 atom stereocenters. The molecule has 0 unspecified atom stereocenters. The Morgan fingerprint density at radius 2 is 1.96 bits per heavy atom. The minimum absolute atomic E-state index is 0.181. The van der Waals surface area contributed by atoms with Gasteiger partial charge < -0.3 is 14.2 Å². The van der Waals surface area contributed by atoms with Crippen molar-refractivity contribution in [1.82, 2.24) is 0 Å². The Morgan fingerprint density at radius 3 is 2.60 bits per heavy atom. The smallest absolute Gasteiger partial charge is 0.414 e. The van der Waals surface area contributed by atoms with Crippen molar-refractivity contribution in [3.63, 3.8) is 0 Å². The molecule has 134 valence electrons. The van der Waals surface area contributed by atoms with Crippen LogP contribution in [0.1, 0.15) is 37.2 Å². The average molecular weight is 344 g/mol. The highest BCUT2D eigenvalue weighted by Crippen LogP contribution is 2.35. The molecule has 1 saturated heterocycles. The molecule has 1 aromatic carbocycles. The number of nitriles is 1. The molecular weight excluding hydrogens is 320 g/mol. The van der Waals surface area contributed by atoms with Crippen LogP contribution in [0.25, 0.3) is 0 Å². The van der Waals surface area contributed by atoms with Gasteiger partial charge in [-0.15, -0.1) is 0 Å². The van der Waals surface area contributed by atoms with Crippen LogP contribution in [0.2, 0.25) is 0 Å². The van der Waals surface area contributed by atoms with E-state index in [1.807, 2.05) is 18.2 Å². The van der Waals surface area contributed by atoms with Crippen LogP contribution in [0, 0.1) is 11.3 Å². The molecule has 1 heterocycles. The fourth-order valence-corrected chi connectivity index (χ4v) is 3.65. The Balaban J connectivity index is 1.56. The van der Waals surface area contributed by atoms with E-state index in [-0.39, 0.29) is 24.9 Å². The van der Waals surface area contributed by atoms with Crippen LogP contribution in [0.3, 0.4) is 0 Å². The molecule has 3 rings (SSSR count). The Labute approximate surface area is 148 Å². The van der Waals surface area contributed by atoms with Gasteiger partial charge in [0.2, 0.25) is 0 Å². The second-order valence-electron chi connectivity index (χ2n) is 6.61. The van der Waals surface area contributed by atoms with Crippen molar-refractivity contribution in [2.24, 2.45) is 0 Å². The summed E-state index contributed by atoms with van der Waals surface area (Å²) in [6, 6.07) is 10.2. The van der Waals surface area contributed by atoms with Gasteiger partial charge in [-0.3, -0.25) is 4.90 Å². The molecule has 2 fully saturated rings. The van der Waals surface area contributed by atoms with Gasteiger partial charge in [-0.25, -0.2) is 4.79 Å². The molecule has 1 aromatic rings. The van der Waals surface area contributed by atoms with Gasteiger partial charge in [-0.05, 0) is 49.3 Å². The number of anilines is 1. The SMILES string of the molecule is COC[C@H]1CN(c2ccc(C3CCC(OCC#N)CC3)cc2)C(=O)O1. The summed E-state index contributed by atoms with van der Waals surface area (Å²) in [4.78, 5) is 13.6. The molecule has 6 nitrogen and oxygen atoms in total. The van der Waals surface area contributed by atoms with E-state index < -0.39 is 0 Å². The van der Waals surface area contributed by atoms with Crippen molar-refractivity contribution in [2.45, 2.75) is 43.8 Å². The minimum Gasteiger partial charge on any atom is -0.441 e. The van der Waals surface area contributed by atoms with Crippen LogP contribution in [0.4, 0.5) is 10.5 Å². The quantitative estimate of drug-likeness (QED) is 0.792. The predicted molar refractivity (Wildman–Crippen MR) is 92.5 cm³/mol. The lowest BCUT2D eigenvalue weighted by Gasteiger charge is -2.28. The summed E-state index contributed by atoms with van der Waals surface area (Å²) in [7, 11) is 1.60. The number of benzene rings is 1. The van der Waals surface area contributed by atoms with E-state index >= 15 is 0 Å². The van der Waals surface area contributed by atoms with Gasteiger partial charge in [0.05, 0.1) is 25.3 Å². The van der Waals surface area contributed by atoms with Crippen LogP contribution in [0.5, 0.6) is 0 Å². The number of cyclic esters (lactones) is 1. The Morgan fingerprint density at radius 1 is 1.24 bits per heavy atom. The van der Waals surface area contributed by atoms with Crippen molar-refractivity contribution in [2.75, 3.05) is 31.8 Å². The summed E-state index contributed by atoms with van der Waals surface area (Å²) in [6.45, 7) is 1.12. The third-order valence-electron chi connectivity index (χ3n) is 4.96. The number of rotatable bonds is 6. The zero-order valence-electron chi connectivity index (χ0n) is 14.5. The van der Waals surface area contributed by atoms with Gasteiger partial charge in [0.25, 0.3) is 0 Å². The first-order chi connectivity index (χ1) is 12.2. The number of ether oxygens (including phenoxy) is 3. The summed E-state index contributed by atoms with van der Waals surface area (Å²) in [5.74, 6) is 0.516. The first-order valence-corrected chi connectivity index (χ1v) is 8.77. The third kappa shape index (κ3) is 4.30. The van der Waals surface area contributed by atoms with Crippen LogP contribution < -0.4 is 4.90 Å². The summed E-state index contributed by atoms with van der Waals surface area (Å²) >= 11 is 0. The number of carbonyl (C=O) groups excluding carboxylic acids is 1. The molecule has 0 spiro atoms. The third-order valence-corrected chi connectivity index (χ3v) is 4.96. The molecule has 1 aliphatic carbocycles. The monoisotopic (exact) mass is 344 g/mol. The van der Waals surface area contributed by atoms with E-state index in [1.165, 1.54) is 5.56 Å². The van der Waals surface area contributed by atoms with E-state index in [1.54, 1.807) is 12.0 Å². The lowest BCUT2D eigenvalue weighted by molar-refractivity contribution is 0.0446. The summed E-state index contributed by atoms with van der Waals surface area (Å²) < 4.78 is 15.9. The van der Waals surface area contributed by atoms with Crippen molar-refractivity contribution < 1.29 is 19.0 Å². The average Bonchev–Trinajstić information content (AvgIpc) is 3.01. The van der Waals surface area contributed by atoms with Gasteiger partial charge in [-0.2, -0.15) is 5.26 Å². The van der Waals surface area contributed by atoms with Crippen molar-refractivity contribution in [1.29, 1.82) is 5.26 Å². The lowest BCUT2D eigenvalue weighted by atomic mass is 9.82. The second kappa shape index (κ2) is 8.32. The molecule has 2 aliphatic rings. The second-order valence-corrected chi connectivity index (χ2v) is 6.61. The van der Waals surface area contributed by atoms with E-state index in [9.17, 15) is 4.79 Å². The molecule has 1 amide bonds. The molecule has 25 heavy (non-hydrogen) atoms. The normalized spacial score (nSPS) is 26.3. The maximum absolute atomic E-state index is 12.0. The van der Waals surface area contributed by atoms with Crippen LogP contribution >= 0.6 is 0 Å². The topological polar surface area (TPSA) is 71.8 Å². The van der Waals surface area contributed by atoms with Crippen LogP contribution in [0.15, 0.2) is 24.3 Å². The van der Waals surface area contributed by atoms with Crippen molar-refractivity contribution in [3.8, 4) is 6.07 Å². The standard InChI is InChI=1S/C19H24N2O4/c1-23-13-18-12-21(19(22)25-18)16-6-2-14(3-7-16)15-4-8-17(9-5-15)24-11-10-20/h2-3,6-7,15,17-18H,4-5,8-9,11-13H2,1H3/t15?,17?,18-/m1/s1. The van der Waals surface area contributed by atoms with Crippen molar-refractivity contribution in [3.05, 3.63) is 29.8 Å². The number of hydrogen-bond acceptors (Lipinski definition) is 5. The van der Waals surface area contributed by atoms with E-state index in [0.717, 1.165) is 31.4 Å². The molecule has 0 aromatic heterocycles. The van der Waals surface area contributed by atoms with Gasteiger partial charge in [0.15, 0.2) is 0 Å². The number of nitrogens with zero attached hydrogens (tertiary/aromatic N) is 2. The highest BCUT2D eigenvalue weighted by Gasteiger charge is 2.32. The van der Waals surface area contributed by atoms with E-state index in [2.05, 4.69) is 12.1 Å². The molecule has 0 N–H and O–H groups in total. The molecule has 0 radical (unpaired) electrons. The van der Waals surface area contributed by atoms with Gasteiger partial charge in [0.1, 0.15) is 12.7 Å². The summed E-state index contributed by atoms with van der Waals surface area (Å²) in [6.07, 6.45) is 3.81. The number of hydrogen-bond donors (Lipinski definition) is 0. The Kier molecular flexibility index (Phi) is 5.90. The highest BCUT2D eigenvalue weighted by molar-refractivity contribution is 5.89. The van der Waals surface area contributed by atoms with E-state index in [0.29, 0.717) is 19.1 Å². The minimum atomic E-state index is -0.315. The molecule has 1 aliphatic heterocycles. The highest BCUT2D eigenvalue weighted by atomic mass is 16.6. The number of amides is 1. The van der Waals surface area contributed by atoms with Gasteiger partial charge >= 0.3 is 6.09 Å². The molecular formula is C19H24N2O4. The predicted octanol–water partition coefficient (Wildman–Crippen LogP) is 3.22. The Hall–Kier alpha value is -2.10. The largest absolute Gasteiger partial charge is 0.441 e. The zero-order valence-corrected chi connectivity index (χ0v) is 14.5. The fraction of sp³-hybridized carbons (Fsp3) is 0.579. The first kappa shape index (κ1) is 17.7. The first-order valence-electron chi connectivity index (χ1n) is 8.77. The Bertz CT molecular complexity index is 617. The van der Waals surface area contributed by atoms with Crippen LogP contribution in [-0.2, 0) is 14.2 Å². The van der Waals surface area contributed by atoms with E-state index in [4.69, 9.17) is 19.5 Å². The number of carbonyl (C=O) groups is 1. The molecule has 1 saturated carbocycles. The van der Waals surface area contributed by atoms with Gasteiger partial charge in [0, 0.05) is 12.8 Å².